The van der Waals surface area contributed by atoms with E-state index in [1.165, 1.54) is 10.5 Å². The molecule has 2 aromatic carbocycles. The van der Waals surface area contributed by atoms with Crippen molar-refractivity contribution in [2.45, 2.75) is 20.4 Å². The van der Waals surface area contributed by atoms with Gasteiger partial charge in [-0.05, 0) is 32.0 Å². The molecule has 4 N–H and O–H groups in total. The molecule has 3 aromatic rings. The first-order valence-electron chi connectivity index (χ1n) is 9.02. The van der Waals surface area contributed by atoms with Crippen LogP contribution in [0.2, 0.25) is 5.02 Å². The zero-order valence-electron chi connectivity index (χ0n) is 15.4. The highest BCUT2D eigenvalue weighted by atomic mass is 35.5. The first kappa shape index (κ1) is 17.7. The Bertz CT molecular complexity index is 1020. The highest BCUT2D eigenvalue weighted by molar-refractivity contribution is 6.31. The SMILES string of the molecule is Cc1ccc2nc(NC3=[NH+]C[NH+](Cc4ccccc4Cl)CN3)nc(C)c2c1. The van der Waals surface area contributed by atoms with Gasteiger partial charge in [-0.3, -0.25) is 4.90 Å². The molecule has 138 valence electrons. The van der Waals surface area contributed by atoms with Gasteiger partial charge < -0.3 is 0 Å². The molecule has 0 saturated heterocycles. The van der Waals surface area contributed by atoms with Gasteiger partial charge in [-0.15, -0.1) is 0 Å². The molecule has 1 unspecified atom stereocenters. The average Bonchev–Trinajstić information content (AvgIpc) is 2.66. The molecule has 0 fully saturated rings. The van der Waals surface area contributed by atoms with Gasteiger partial charge in [-0.2, -0.15) is 4.98 Å². The van der Waals surface area contributed by atoms with E-state index in [9.17, 15) is 0 Å². The van der Waals surface area contributed by atoms with Crippen molar-refractivity contribution in [3.05, 3.63) is 64.3 Å². The van der Waals surface area contributed by atoms with E-state index in [0.29, 0.717) is 5.95 Å². The molecule has 0 bridgehead atoms. The van der Waals surface area contributed by atoms with Gasteiger partial charge in [0.05, 0.1) is 11.2 Å². The van der Waals surface area contributed by atoms with Gasteiger partial charge in [0.15, 0.2) is 13.3 Å². The van der Waals surface area contributed by atoms with Crippen molar-refractivity contribution < 1.29 is 9.89 Å². The number of nitrogens with zero attached hydrogens (tertiary/aromatic N) is 2. The van der Waals surface area contributed by atoms with Gasteiger partial charge in [0.25, 0.3) is 5.95 Å². The molecule has 1 aromatic heterocycles. The monoisotopic (exact) mass is 382 g/mol. The van der Waals surface area contributed by atoms with Gasteiger partial charge in [0.1, 0.15) is 6.54 Å². The molecule has 1 atom stereocenters. The lowest BCUT2D eigenvalue weighted by Gasteiger charge is -2.20. The highest BCUT2D eigenvalue weighted by Crippen LogP contribution is 2.18. The normalized spacial score (nSPS) is 16.7. The Hall–Kier alpha value is -2.70. The molecule has 7 heteroatoms. The van der Waals surface area contributed by atoms with Crippen LogP contribution in [0.25, 0.3) is 10.9 Å². The number of halogens is 1. The molecule has 0 amide bonds. The first-order valence-corrected chi connectivity index (χ1v) is 9.40. The number of quaternary nitrogens is 1. The zero-order chi connectivity index (χ0) is 18.8. The van der Waals surface area contributed by atoms with E-state index < -0.39 is 0 Å². The average molecular weight is 383 g/mol. The van der Waals surface area contributed by atoms with Crippen LogP contribution in [0.4, 0.5) is 5.95 Å². The summed E-state index contributed by atoms with van der Waals surface area (Å²) in [6, 6.07) is 14.2. The quantitative estimate of drug-likeness (QED) is 0.528. The van der Waals surface area contributed by atoms with E-state index in [1.54, 1.807) is 0 Å². The lowest BCUT2D eigenvalue weighted by Crippen LogP contribution is -3.23. The smallest absolute Gasteiger partial charge is 0.273 e. The minimum absolute atomic E-state index is 0.591. The van der Waals surface area contributed by atoms with Crippen LogP contribution >= 0.6 is 11.6 Å². The number of hydrogen-bond donors (Lipinski definition) is 4. The van der Waals surface area contributed by atoms with Gasteiger partial charge in [-0.25, -0.2) is 20.6 Å². The van der Waals surface area contributed by atoms with Crippen molar-refractivity contribution in [1.82, 2.24) is 15.3 Å². The van der Waals surface area contributed by atoms with Gasteiger partial charge in [0, 0.05) is 16.0 Å². The van der Waals surface area contributed by atoms with Gasteiger partial charge in [0.2, 0.25) is 0 Å². The van der Waals surface area contributed by atoms with Gasteiger partial charge in [-0.1, -0.05) is 41.4 Å². The lowest BCUT2D eigenvalue weighted by molar-refractivity contribution is -0.991. The highest BCUT2D eigenvalue weighted by Gasteiger charge is 2.22. The third-order valence-corrected chi connectivity index (χ3v) is 5.08. The van der Waals surface area contributed by atoms with Crippen LogP contribution < -0.4 is 20.5 Å². The number of rotatable bonds is 3. The number of benzene rings is 2. The molecule has 4 rings (SSSR count). The van der Waals surface area contributed by atoms with Crippen molar-refractivity contribution in [2.75, 3.05) is 18.7 Å². The number of aromatic nitrogens is 2. The Balaban J connectivity index is 1.45. The van der Waals surface area contributed by atoms with E-state index in [2.05, 4.69) is 50.7 Å². The van der Waals surface area contributed by atoms with Crippen LogP contribution in [0.3, 0.4) is 0 Å². The molecule has 0 aliphatic carbocycles. The summed E-state index contributed by atoms with van der Waals surface area (Å²) in [5, 5.41) is 8.53. The predicted molar refractivity (Wildman–Crippen MR) is 108 cm³/mol. The van der Waals surface area contributed by atoms with Crippen LogP contribution in [-0.2, 0) is 6.54 Å². The molecular formula is C20H23ClN6+2. The molecule has 0 saturated carbocycles. The van der Waals surface area contributed by atoms with Crippen molar-refractivity contribution in [3.8, 4) is 0 Å². The van der Waals surface area contributed by atoms with Crippen molar-refractivity contribution in [3.63, 3.8) is 0 Å². The summed E-state index contributed by atoms with van der Waals surface area (Å²) in [7, 11) is 0. The van der Waals surface area contributed by atoms with E-state index in [-0.39, 0.29) is 0 Å². The Morgan fingerprint density at radius 2 is 2.04 bits per heavy atom. The molecule has 1 aliphatic heterocycles. The summed E-state index contributed by atoms with van der Waals surface area (Å²) in [5.74, 6) is 1.41. The molecule has 27 heavy (non-hydrogen) atoms. The standard InChI is InChI=1S/C20H21ClN6/c1-13-7-8-18-16(9-13)14(2)24-20(25-18)26-19-22-11-27(12-23-19)10-15-5-3-4-6-17(15)21/h3-9H,10-12H2,1-2H3,(H2,22,23,24,25,26)/p+2. The maximum atomic E-state index is 6.26. The predicted octanol–water partition coefficient (Wildman–Crippen LogP) is 0.352. The van der Waals surface area contributed by atoms with Crippen LogP contribution in [-0.4, -0.2) is 29.3 Å². The Morgan fingerprint density at radius 3 is 2.81 bits per heavy atom. The third kappa shape index (κ3) is 4.02. The molecule has 2 heterocycles. The summed E-state index contributed by atoms with van der Waals surface area (Å²) in [6.07, 6.45) is 0. The number of anilines is 1. The second-order valence-electron chi connectivity index (χ2n) is 6.88. The summed E-state index contributed by atoms with van der Waals surface area (Å²) in [4.78, 5) is 13.9. The number of guanidine groups is 1. The largest absolute Gasteiger partial charge is 0.359 e. The summed E-state index contributed by atoms with van der Waals surface area (Å²) < 4.78 is 0. The fraction of sp³-hybridized carbons (Fsp3) is 0.250. The van der Waals surface area contributed by atoms with Crippen LogP contribution in [0.15, 0.2) is 42.5 Å². The summed E-state index contributed by atoms with van der Waals surface area (Å²) in [5.41, 5.74) is 4.27. The van der Waals surface area contributed by atoms with Crippen molar-refractivity contribution in [2.24, 2.45) is 0 Å². The Kier molecular flexibility index (Phi) is 4.92. The van der Waals surface area contributed by atoms with Crippen molar-refractivity contribution in [1.29, 1.82) is 0 Å². The van der Waals surface area contributed by atoms with E-state index in [0.717, 1.165) is 53.0 Å². The second kappa shape index (κ2) is 7.50. The minimum Gasteiger partial charge on any atom is -0.273 e. The zero-order valence-corrected chi connectivity index (χ0v) is 16.2. The Morgan fingerprint density at radius 1 is 1.19 bits per heavy atom. The lowest BCUT2D eigenvalue weighted by atomic mass is 10.1. The third-order valence-electron chi connectivity index (χ3n) is 4.71. The first-order chi connectivity index (χ1) is 13.1. The van der Waals surface area contributed by atoms with E-state index in [1.807, 2.05) is 31.2 Å². The maximum Gasteiger partial charge on any atom is 0.359 e. The Labute approximate surface area is 163 Å². The minimum atomic E-state index is 0.591. The topological polar surface area (TPSA) is 68.2 Å². The number of aryl methyl sites for hydroxylation is 2. The van der Waals surface area contributed by atoms with Gasteiger partial charge >= 0.3 is 5.96 Å². The van der Waals surface area contributed by atoms with Crippen LogP contribution in [0.1, 0.15) is 16.8 Å². The number of hydrogen-bond acceptors (Lipinski definition) is 4. The second-order valence-corrected chi connectivity index (χ2v) is 7.29. The molecular weight excluding hydrogens is 360 g/mol. The molecule has 0 spiro atoms. The maximum absolute atomic E-state index is 6.26. The van der Waals surface area contributed by atoms with E-state index >= 15 is 0 Å². The van der Waals surface area contributed by atoms with E-state index in [4.69, 9.17) is 11.6 Å². The summed E-state index contributed by atoms with van der Waals surface area (Å²) in [6.45, 7) is 6.51. The fourth-order valence-corrected chi connectivity index (χ4v) is 3.44. The number of nitrogens with one attached hydrogen (secondary N) is 4. The van der Waals surface area contributed by atoms with Crippen LogP contribution in [0.5, 0.6) is 0 Å². The molecule has 6 nitrogen and oxygen atoms in total. The molecule has 1 aliphatic rings. The van der Waals surface area contributed by atoms with Crippen LogP contribution in [0, 0.1) is 13.8 Å². The number of fused-ring (bicyclic) bond motifs is 1. The fourth-order valence-electron chi connectivity index (χ4n) is 3.24. The molecule has 0 radical (unpaired) electrons. The van der Waals surface area contributed by atoms with Crippen molar-refractivity contribution >= 4 is 34.4 Å². The summed E-state index contributed by atoms with van der Waals surface area (Å²) >= 11 is 6.26.